The van der Waals surface area contributed by atoms with Crippen LogP contribution in [0.4, 0.5) is 5.82 Å². The first-order chi connectivity index (χ1) is 12.2. The first-order valence-corrected chi connectivity index (χ1v) is 8.49. The molecule has 1 fully saturated rings. The number of aromatic nitrogens is 4. The number of hydrogen-bond donors (Lipinski definition) is 2. The Hall–Kier alpha value is -2.67. The molecule has 0 bridgehead atoms. The van der Waals surface area contributed by atoms with Crippen LogP contribution < -0.4 is 5.32 Å². The molecule has 0 saturated heterocycles. The van der Waals surface area contributed by atoms with E-state index >= 15 is 0 Å². The zero-order chi connectivity index (χ0) is 17.2. The van der Waals surface area contributed by atoms with Crippen LogP contribution in [0.15, 0.2) is 34.9 Å². The van der Waals surface area contributed by atoms with E-state index in [1.54, 1.807) is 12.1 Å². The van der Waals surface area contributed by atoms with Gasteiger partial charge in [0.25, 0.3) is 0 Å². The van der Waals surface area contributed by atoms with Gasteiger partial charge < -0.3 is 9.84 Å². The van der Waals surface area contributed by atoms with Gasteiger partial charge in [-0.2, -0.15) is 10.1 Å². The van der Waals surface area contributed by atoms with Crippen molar-refractivity contribution in [3.63, 3.8) is 0 Å². The van der Waals surface area contributed by atoms with Crippen LogP contribution in [0.3, 0.4) is 0 Å². The normalized spacial score (nSPS) is 13.8. The number of H-pyrrole nitrogens is 1. The third-order valence-corrected chi connectivity index (χ3v) is 4.27. The summed E-state index contributed by atoms with van der Waals surface area (Å²) in [6.45, 7) is 0. The number of nitrogens with zero attached hydrogens (tertiary/aromatic N) is 3. The number of hydrogen-bond acceptors (Lipinski definition) is 5. The van der Waals surface area contributed by atoms with Crippen LogP contribution in [0.25, 0.3) is 11.4 Å². The predicted molar refractivity (Wildman–Crippen MR) is 92.3 cm³/mol. The van der Waals surface area contributed by atoms with Crippen LogP contribution in [0.1, 0.15) is 36.8 Å². The fraction of sp³-hybridized carbons (Fsp3) is 0.294. The molecule has 2 aromatic heterocycles. The van der Waals surface area contributed by atoms with E-state index in [1.807, 2.05) is 18.2 Å². The molecule has 0 spiro atoms. The highest BCUT2D eigenvalue weighted by Crippen LogP contribution is 2.39. The van der Waals surface area contributed by atoms with E-state index in [-0.39, 0.29) is 12.3 Å². The number of halogens is 1. The largest absolute Gasteiger partial charge is 0.339 e. The summed E-state index contributed by atoms with van der Waals surface area (Å²) in [5.41, 5.74) is 1.90. The number of carbonyl (C=O) groups excluding carboxylic acids is 1. The van der Waals surface area contributed by atoms with Crippen molar-refractivity contribution in [2.75, 3.05) is 5.32 Å². The maximum absolute atomic E-state index is 12.0. The smallest absolute Gasteiger partial charge is 0.227 e. The highest BCUT2D eigenvalue weighted by atomic mass is 35.5. The van der Waals surface area contributed by atoms with Gasteiger partial charge in [-0.1, -0.05) is 16.8 Å². The molecule has 1 aliphatic carbocycles. The van der Waals surface area contributed by atoms with Crippen LogP contribution in [0, 0.1) is 0 Å². The van der Waals surface area contributed by atoms with Gasteiger partial charge in [0.1, 0.15) is 0 Å². The van der Waals surface area contributed by atoms with Gasteiger partial charge in [-0.15, -0.1) is 0 Å². The average Bonchev–Trinajstić information content (AvgIpc) is 3.17. The molecule has 1 amide bonds. The third-order valence-electron chi connectivity index (χ3n) is 4.02. The molecule has 0 unspecified atom stereocenters. The van der Waals surface area contributed by atoms with Crippen molar-refractivity contribution < 1.29 is 9.32 Å². The zero-order valence-electron chi connectivity index (χ0n) is 13.3. The fourth-order valence-corrected chi connectivity index (χ4v) is 2.63. The monoisotopic (exact) mass is 357 g/mol. The molecule has 1 aliphatic rings. The first kappa shape index (κ1) is 15.8. The lowest BCUT2D eigenvalue weighted by Crippen LogP contribution is -2.12. The fourth-order valence-electron chi connectivity index (χ4n) is 2.50. The number of benzene rings is 1. The Morgan fingerprint density at radius 2 is 2.12 bits per heavy atom. The maximum Gasteiger partial charge on any atom is 0.227 e. The molecule has 3 aromatic rings. The number of nitrogens with one attached hydrogen (secondary N) is 2. The Kier molecular flexibility index (Phi) is 4.23. The molecule has 128 valence electrons. The minimum absolute atomic E-state index is 0.139. The average molecular weight is 358 g/mol. The number of amides is 1. The molecule has 0 radical (unpaired) electrons. The Morgan fingerprint density at radius 3 is 2.88 bits per heavy atom. The van der Waals surface area contributed by atoms with E-state index < -0.39 is 0 Å². The predicted octanol–water partition coefficient (Wildman–Crippen LogP) is 3.56. The molecule has 25 heavy (non-hydrogen) atoms. The Morgan fingerprint density at radius 1 is 1.32 bits per heavy atom. The maximum atomic E-state index is 12.0. The first-order valence-electron chi connectivity index (χ1n) is 8.11. The molecule has 4 rings (SSSR count). The Balaban J connectivity index is 1.31. The van der Waals surface area contributed by atoms with Crippen molar-refractivity contribution >= 4 is 23.3 Å². The Bertz CT molecular complexity index is 883. The van der Waals surface area contributed by atoms with Gasteiger partial charge in [-0.05, 0) is 37.1 Å². The molecule has 0 atom stereocenters. The summed E-state index contributed by atoms with van der Waals surface area (Å²) in [4.78, 5) is 16.3. The second-order valence-corrected chi connectivity index (χ2v) is 6.49. The van der Waals surface area contributed by atoms with Gasteiger partial charge >= 0.3 is 0 Å². The zero-order valence-corrected chi connectivity index (χ0v) is 14.1. The second kappa shape index (κ2) is 6.68. The molecule has 1 aromatic carbocycles. The molecule has 7 nitrogen and oxygen atoms in total. The molecule has 2 N–H and O–H groups in total. The van der Waals surface area contributed by atoms with E-state index in [2.05, 4.69) is 25.7 Å². The summed E-state index contributed by atoms with van der Waals surface area (Å²) in [5.74, 6) is 1.89. The van der Waals surface area contributed by atoms with Gasteiger partial charge in [0, 0.05) is 41.1 Å². The molecule has 0 aliphatic heterocycles. The minimum Gasteiger partial charge on any atom is -0.339 e. The third kappa shape index (κ3) is 3.88. The lowest BCUT2D eigenvalue weighted by molar-refractivity contribution is -0.116. The van der Waals surface area contributed by atoms with Crippen molar-refractivity contribution in [1.82, 2.24) is 20.3 Å². The van der Waals surface area contributed by atoms with E-state index in [0.29, 0.717) is 34.9 Å². The number of anilines is 1. The van der Waals surface area contributed by atoms with Gasteiger partial charge in [0.2, 0.25) is 17.6 Å². The summed E-state index contributed by atoms with van der Waals surface area (Å²) >= 11 is 5.86. The Labute approximate surface area is 148 Å². The molecular formula is C17H16ClN5O2. The van der Waals surface area contributed by atoms with E-state index in [0.717, 1.165) is 11.3 Å². The summed E-state index contributed by atoms with van der Waals surface area (Å²) in [6.07, 6.45) is 2.98. The SMILES string of the molecule is O=C(CCc1nc(-c2ccc(Cl)cc2)no1)Nc1cc(C2CC2)[nH]n1. The minimum atomic E-state index is -0.139. The van der Waals surface area contributed by atoms with Gasteiger partial charge in [0.15, 0.2) is 5.82 Å². The summed E-state index contributed by atoms with van der Waals surface area (Å²) in [7, 11) is 0. The highest BCUT2D eigenvalue weighted by molar-refractivity contribution is 6.30. The number of aromatic amines is 1. The number of rotatable bonds is 6. The van der Waals surface area contributed by atoms with Crippen molar-refractivity contribution in [3.8, 4) is 11.4 Å². The standard InChI is InChI=1S/C17H16ClN5O2/c18-12-5-3-11(4-6-12)17-20-16(25-23-17)8-7-15(24)19-14-9-13(21-22-14)10-1-2-10/h3-6,9-10H,1-2,7-8H2,(H2,19,21,22,24). The molecule has 8 heteroatoms. The van der Waals surface area contributed by atoms with Gasteiger partial charge in [0.05, 0.1) is 0 Å². The van der Waals surface area contributed by atoms with Crippen LogP contribution in [0.2, 0.25) is 5.02 Å². The van der Waals surface area contributed by atoms with Crippen LogP contribution in [-0.4, -0.2) is 26.2 Å². The number of aryl methyl sites for hydroxylation is 1. The lowest BCUT2D eigenvalue weighted by Gasteiger charge is -1.99. The van der Waals surface area contributed by atoms with Crippen molar-refractivity contribution in [3.05, 3.63) is 46.9 Å². The summed E-state index contributed by atoms with van der Waals surface area (Å²) in [5, 5.41) is 14.4. The molecule has 1 saturated carbocycles. The van der Waals surface area contributed by atoms with Crippen LogP contribution >= 0.6 is 11.6 Å². The topological polar surface area (TPSA) is 96.7 Å². The quantitative estimate of drug-likeness (QED) is 0.703. The van der Waals surface area contributed by atoms with Crippen molar-refractivity contribution in [1.29, 1.82) is 0 Å². The van der Waals surface area contributed by atoms with Crippen LogP contribution in [-0.2, 0) is 11.2 Å². The van der Waals surface area contributed by atoms with Gasteiger partial charge in [-0.25, -0.2) is 0 Å². The van der Waals surface area contributed by atoms with Gasteiger partial charge in [-0.3, -0.25) is 9.89 Å². The molecular weight excluding hydrogens is 342 g/mol. The van der Waals surface area contributed by atoms with Crippen molar-refractivity contribution in [2.45, 2.75) is 31.6 Å². The highest BCUT2D eigenvalue weighted by Gasteiger charge is 2.25. The lowest BCUT2D eigenvalue weighted by atomic mass is 10.2. The second-order valence-electron chi connectivity index (χ2n) is 6.05. The summed E-state index contributed by atoms with van der Waals surface area (Å²) in [6, 6.07) is 9.05. The van der Waals surface area contributed by atoms with Crippen molar-refractivity contribution in [2.24, 2.45) is 0 Å². The number of carbonyl (C=O) groups is 1. The van der Waals surface area contributed by atoms with Crippen LogP contribution in [0.5, 0.6) is 0 Å². The van der Waals surface area contributed by atoms with E-state index in [1.165, 1.54) is 12.8 Å². The summed E-state index contributed by atoms with van der Waals surface area (Å²) < 4.78 is 5.20. The van der Waals surface area contributed by atoms with E-state index in [9.17, 15) is 4.79 Å². The van der Waals surface area contributed by atoms with E-state index in [4.69, 9.17) is 16.1 Å². The molecule has 2 heterocycles.